The maximum atomic E-state index is 6.30. The zero-order chi connectivity index (χ0) is 24.2. The summed E-state index contributed by atoms with van der Waals surface area (Å²) in [4.78, 5) is 4.86. The van der Waals surface area contributed by atoms with Gasteiger partial charge in [-0.15, -0.1) is 0 Å². The SMILES string of the molecule is CC1(C)OB(c2cccc3cc(-c4ccc(-c5cccc6ccccc56)cc4)cnc23)OC1(C)C. The third-order valence-electron chi connectivity index (χ3n) is 7.57. The van der Waals surface area contributed by atoms with Crippen LogP contribution in [0.5, 0.6) is 0 Å². The molecule has 0 unspecified atom stereocenters. The first-order valence-corrected chi connectivity index (χ1v) is 12.2. The molecule has 6 rings (SSSR count). The van der Waals surface area contributed by atoms with Crippen LogP contribution < -0.4 is 5.46 Å². The van der Waals surface area contributed by atoms with Crippen LogP contribution in [0.3, 0.4) is 0 Å². The van der Waals surface area contributed by atoms with E-state index in [2.05, 4.69) is 119 Å². The summed E-state index contributed by atoms with van der Waals surface area (Å²) in [6.45, 7) is 8.30. The lowest BCUT2D eigenvalue weighted by atomic mass is 9.77. The molecule has 0 bridgehead atoms. The molecule has 0 N–H and O–H groups in total. The van der Waals surface area contributed by atoms with Gasteiger partial charge in [0.2, 0.25) is 0 Å². The van der Waals surface area contributed by atoms with Gasteiger partial charge in [0.15, 0.2) is 0 Å². The Hall–Kier alpha value is -3.47. The number of aromatic nitrogens is 1. The van der Waals surface area contributed by atoms with Gasteiger partial charge in [-0.05, 0) is 61.2 Å². The van der Waals surface area contributed by atoms with Crippen molar-refractivity contribution in [1.29, 1.82) is 0 Å². The molecule has 0 atom stereocenters. The van der Waals surface area contributed by atoms with E-state index in [-0.39, 0.29) is 11.2 Å². The van der Waals surface area contributed by atoms with E-state index in [0.717, 1.165) is 27.5 Å². The normalized spacial score (nSPS) is 16.7. The second-order valence-electron chi connectivity index (χ2n) is 10.3. The van der Waals surface area contributed by atoms with Gasteiger partial charge in [0.1, 0.15) is 0 Å². The van der Waals surface area contributed by atoms with E-state index in [1.807, 2.05) is 6.20 Å². The summed E-state index contributed by atoms with van der Waals surface area (Å²) < 4.78 is 12.6. The van der Waals surface area contributed by atoms with E-state index in [1.54, 1.807) is 0 Å². The summed E-state index contributed by atoms with van der Waals surface area (Å²) in [5, 5.41) is 3.60. The van der Waals surface area contributed by atoms with E-state index in [4.69, 9.17) is 14.3 Å². The van der Waals surface area contributed by atoms with Gasteiger partial charge in [-0.3, -0.25) is 4.98 Å². The van der Waals surface area contributed by atoms with E-state index in [0.29, 0.717) is 0 Å². The first-order chi connectivity index (χ1) is 16.8. The Bertz CT molecular complexity index is 1530. The monoisotopic (exact) mass is 457 g/mol. The average molecular weight is 457 g/mol. The Labute approximate surface area is 206 Å². The van der Waals surface area contributed by atoms with Crippen molar-refractivity contribution < 1.29 is 9.31 Å². The highest BCUT2D eigenvalue weighted by Gasteiger charge is 2.52. The molecule has 172 valence electrons. The summed E-state index contributed by atoms with van der Waals surface area (Å²) in [5.74, 6) is 0. The first-order valence-electron chi connectivity index (χ1n) is 12.2. The fraction of sp³-hybridized carbons (Fsp3) is 0.194. The third-order valence-corrected chi connectivity index (χ3v) is 7.57. The quantitative estimate of drug-likeness (QED) is 0.273. The fourth-order valence-corrected chi connectivity index (χ4v) is 4.82. The van der Waals surface area contributed by atoms with Crippen LogP contribution in [0.15, 0.2) is 97.2 Å². The molecule has 2 heterocycles. The predicted molar refractivity (Wildman–Crippen MR) is 146 cm³/mol. The van der Waals surface area contributed by atoms with E-state index in [9.17, 15) is 0 Å². The van der Waals surface area contributed by atoms with Crippen molar-refractivity contribution in [2.45, 2.75) is 38.9 Å². The highest BCUT2D eigenvalue weighted by Crippen LogP contribution is 2.37. The van der Waals surface area contributed by atoms with Crippen LogP contribution >= 0.6 is 0 Å². The van der Waals surface area contributed by atoms with Gasteiger partial charge in [-0.25, -0.2) is 0 Å². The topological polar surface area (TPSA) is 31.4 Å². The number of fused-ring (bicyclic) bond motifs is 2. The highest BCUT2D eigenvalue weighted by molar-refractivity contribution is 6.65. The molecule has 4 heteroatoms. The summed E-state index contributed by atoms with van der Waals surface area (Å²) in [6, 6.07) is 32.1. The van der Waals surface area contributed by atoms with E-state index < -0.39 is 7.12 Å². The van der Waals surface area contributed by atoms with Gasteiger partial charge >= 0.3 is 7.12 Å². The molecule has 0 spiro atoms. The van der Waals surface area contributed by atoms with Gasteiger partial charge < -0.3 is 9.31 Å². The Morgan fingerprint density at radius 2 is 1.26 bits per heavy atom. The van der Waals surface area contributed by atoms with Crippen molar-refractivity contribution in [3.63, 3.8) is 0 Å². The van der Waals surface area contributed by atoms with Crippen molar-refractivity contribution in [2.75, 3.05) is 0 Å². The van der Waals surface area contributed by atoms with Crippen LogP contribution in [-0.2, 0) is 9.31 Å². The Morgan fingerprint density at radius 3 is 2.03 bits per heavy atom. The van der Waals surface area contributed by atoms with Crippen molar-refractivity contribution in [3.05, 3.63) is 97.2 Å². The molecule has 1 saturated heterocycles. The van der Waals surface area contributed by atoms with Crippen molar-refractivity contribution in [2.24, 2.45) is 0 Å². The van der Waals surface area contributed by atoms with Crippen molar-refractivity contribution >= 4 is 34.3 Å². The Balaban J connectivity index is 1.34. The van der Waals surface area contributed by atoms with E-state index in [1.165, 1.54) is 21.9 Å². The lowest BCUT2D eigenvalue weighted by Gasteiger charge is -2.32. The second kappa shape index (κ2) is 8.05. The molecule has 35 heavy (non-hydrogen) atoms. The standard InChI is InChI=1S/C31H28BNO2/c1-30(2)31(3,4)35-32(34-30)28-14-8-11-24-19-25(20-33-29(24)28)21-15-17-23(18-16-21)27-13-7-10-22-9-5-6-12-26(22)27/h5-20H,1-4H3. The minimum absolute atomic E-state index is 0.383. The fourth-order valence-electron chi connectivity index (χ4n) is 4.82. The van der Waals surface area contributed by atoms with Crippen LogP contribution in [0.25, 0.3) is 43.9 Å². The molecule has 0 aliphatic carbocycles. The van der Waals surface area contributed by atoms with Crippen LogP contribution in [0, 0.1) is 0 Å². The predicted octanol–water partition coefficient (Wildman–Crippen LogP) is 7.02. The molecule has 5 aromatic rings. The maximum Gasteiger partial charge on any atom is 0.497 e. The van der Waals surface area contributed by atoms with E-state index >= 15 is 0 Å². The molecule has 4 aromatic carbocycles. The molecule has 1 aliphatic rings. The zero-order valence-corrected chi connectivity index (χ0v) is 20.6. The Kier molecular flexibility index (Phi) is 5.06. The van der Waals surface area contributed by atoms with Crippen LogP contribution in [0.1, 0.15) is 27.7 Å². The number of rotatable bonds is 3. The number of benzene rings is 4. The highest BCUT2D eigenvalue weighted by atomic mass is 16.7. The minimum Gasteiger partial charge on any atom is -0.399 e. The molecule has 0 radical (unpaired) electrons. The molecule has 0 saturated carbocycles. The first kappa shape index (κ1) is 22.0. The lowest BCUT2D eigenvalue weighted by Crippen LogP contribution is -2.41. The Morgan fingerprint density at radius 1 is 0.629 bits per heavy atom. The number of para-hydroxylation sites is 1. The summed E-state index contributed by atoms with van der Waals surface area (Å²) in [6.07, 6.45) is 1.95. The molecule has 1 aromatic heterocycles. The molecular formula is C31H28BNO2. The van der Waals surface area contributed by atoms with Gasteiger partial charge in [0, 0.05) is 22.6 Å². The largest absolute Gasteiger partial charge is 0.497 e. The minimum atomic E-state index is -0.429. The molecular weight excluding hydrogens is 429 g/mol. The number of hydrogen-bond donors (Lipinski definition) is 0. The second-order valence-corrected chi connectivity index (χ2v) is 10.3. The van der Waals surface area contributed by atoms with Crippen LogP contribution in [0.2, 0.25) is 0 Å². The van der Waals surface area contributed by atoms with Crippen molar-refractivity contribution in [3.8, 4) is 22.3 Å². The van der Waals surface area contributed by atoms with Crippen LogP contribution in [-0.4, -0.2) is 23.3 Å². The number of nitrogens with zero attached hydrogens (tertiary/aromatic N) is 1. The summed E-state index contributed by atoms with van der Waals surface area (Å²) >= 11 is 0. The van der Waals surface area contributed by atoms with Crippen LogP contribution in [0.4, 0.5) is 0 Å². The van der Waals surface area contributed by atoms with Gasteiger partial charge in [0.05, 0.1) is 16.7 Å². The van der Waals surface area contributed by atoms with Gasteiger partial charge in [-0.2, -0.15) is 0 Å². The molecule has 1 aliphatic heterocycles. The third kappa shape index (κ3) is 3.74. The van der Waals surface area contributed by atoms with Gasteiger partial charge in [-0.1, -0.05) is 84.9 Å². The molecule has 0 amide bonds. The average Bonchev–Trinajstić information content (AvgIpc) is 3.09. The zero-order valence-electron chi connectivity index (χ0n) is 20.6. The van der Waals surface area contributed by atoms with Crippen molar-refractivity contribution in [1.82, 2.24) is 4.98 Å². The lowest BCUT2D eigenvalue weighted by molar-refractivity contribution is 0.00578. The number of hydrogen-bond acceptors (Lipinski definition) is 3. The maximum absolute atomic E-state index is 6.30. The number of pyridine rings is 1. The summed E-state index contributed by atoms with van der Waals surface area (Å²) in [7, 11) is -0.429. The van der Waals surface area contributed by atoms with Gasteiger partial charge in [0.25, 0.3) is 0 Å². The molecule has 3 nitrogen and oxygen atoms in total. The summed E-state index contributed by atoms with van der Waals surface area (Å²) in [5.41, 5.74) is 5.82. The smallest absolute Gasteiger partial charge is 0.399 e. The molecule has 1 fully saturated rings.